The lowest BCUT2D eigenvalue weighted by Crippen LogP contribution is -2.04. The van der Waals surface area contributed by atoms with Crippen LogP contribution in [0.15, 0.2) is 10.7 Å². The lowest BCUT2D eigenvalue weighted by Gasteiger charge is -2.06. The first-order valence-electron chi connectivity index (χ1n) is 3.70. The SMILES string of the molecule is O=[N+]([O-])c1nc(Br)cc(CO)c1C(F)F. The van der Waals surface area contributed by atoms with Gasteiger partial charge < -0.3 is 15.2 Å². The molecular formula is C7H5BrF2N2O3. The van der Waals surface area contributed by atoms with Crippen molar-refractivity contribution in [2.75, 3.05) is 0 Å². The summed E-state index contributed by atoms with van der Waals surface area (Å²) in [7, 11) is 0. The molecule has 0 unspecified atom stereocenters. The zero-order valence-electron chi connectivity index (χ0n) is 7.15. The summed E-state index contributed by atoms with van der Waals surface area (Å²) < 4.78 is 25.0. The number of alkyl halides is 2. The van der Waals surface area contributed by atoms with Crippen molar-refractivity contribution < 1.29 is 18.8 Å². The molecule has 1 heterocycles. The third kappa shape index (κ3) is 2.45. The van der Waals surface area contributed by atoms with Crippen molar-refractivity contribution in [3.63, 3.8) is 0 Å². The third-order valence-electron chi connectivity index (χ3n) is 1.65. The van der Waals surface area contributed by atoms with E-state index in [1.807, 2.05) is 0 Å². The first-order valence-corrected chi connectivity index (χ1v) is 4.49. The molecule has 0 saturated heterocycles. The van der Waals surface area contributed by atoms with Crippen molar-refractivity contribution in [3.8, 4) is 0 Å². The molecule has 1 aromatic heterocycles. The van der Waals surface area contributed by atoms with Crippen LogP contribution in [0.4, 0.5) is 14.6 Å². The molecule has 1 rings (SSSR count). The number of pyridine rings is 1. The van der Waals surface area contributed by atoms with E-state index in [1.165, 1.54) is 0 Å². The Balaban J connectivity index is 3.47. The maximum Gasteiger partial charge on any atom is 0.373 e. The van der Waals surface area contributed by atoms with Crippen LogP contribution < -0.4 is 0 Å². The summed E-state index contributed by atoms with van der Waals surface area (Å²) in [4.78, 5) is 12.8. The summed E-state index contributed by atoms with van der Waals surface area (Å²) in [6, 6.07) is 1.12. The fourth-order valence-corrected chi connectivity index (χ4v) is 1.51. The summed E-state index contributed by atoms with van der Waals surface area (Å²) in [5.74, 6) is -0.941. The molecule has 0 aliphatic rings. The van der Waals surface area contributed by atoms with Crippen LogP contribution in [0.5, 0.6) is 0 Å². The highest BCUT2D eigenvalue weighted by Crippen LogP contribution is 2.32. The molecule has 1 aromatic rings. The van der Waals surface area contributed by atoms with Gasteiger partial charge in [0.25, 0.3) is 6.43 Å². The molecule has 82 valence electrons. The van der Waals surface area contributed by atoms with E-state index in [4.69, 9.17) is 5.11 Å². The molecule has 8 heteroatoms. The first kappa shape index (κ1) is 11.9. The molecule has 0 fully saturated rings. The molecule has 0 spiro atoms. The number of hydrogen-bond acceptors (Lipinski definition) is 4. The minimum Gasteiger partial charge on any atom is -0.392 e. The van der Waals surface area contributed by atoms with Gasteiger partial charge in [-0.05, 0) is 15.5 Å². The minimum atomic E-state index is -3.05. The van der Waals surface area contributed by atoms with E-state index < -0.39 is 29.3 Å². The number of rotatable bonds is 3. The van der Waals surface area contributed by atoms with Gasteiger partial charge in [0.2, 0.25) is 4.60 Å². The maximum absolute atomic E-state index is 12.5. The second-order valence-electron chi connectivity index (χ2n) is 2.56. The lowest BCUT2D eigenvalue weighted by atomic mass is 10.1. The summed E-state index contributed by atoms with van der Waals surface area (Å²) in [5.41, 5.74) is -1.05. The van der Waals surface area contributed by atoms with Crippen molar-refractivity contribution in [2.24, 2.45) is 0 Å². The Morgan fingerprint density at radius 2 is 2.27 bits per heavy atom. The summed E-state index contributed by atoms with van der Waals surface area (Å²) >= 11 is 2.83. The summed E-state index contributed by atoms with van der Waals surface area (Å²) in [6.07, 6.45) is -3.05. The van der Waals surface area contributed by atoms with Gasteiger partial charge in [-0.3, -0.25) is 0 Å². The van der Waals surface area contributed by atoms with Crippen LogP contribution in [0.1, 0.15) is 17.6 Å². The number of aliphatic hydroxyl groups excluding tert-OH is 1. The highest BCUT2D eigenvalue weighted by Gasteiger charge is 2.28. The Kier molecular flexibility index (Phi) is 3.64. The zero-order chi connectivity index (χ0) is 11.6. The molecule has 0 aromatic carbocycles. The highest BCUT2D eigenvalue weighted by atomic mass is 79.9. The van der Waals surface area contributed by atoms with Crippen molar-refractivity contribution in [1.29, 1.82) is 0 Å². The van der Waals surface area contributed by atoms with Gasteiger partial charge in [0, 0.05) is 22.0 Å². The van der Waals surface area contributed by atoms with Gasteiger partial charge in [0.15, 0.2) is 0 Å². The van der Waals surface area contributed by atoms with Gasteiger partial charge in [-0.15, -0.1) is 0 Å². The van der Waals surface area contributed by atoms with Crippen molar-refractivity contribution in [1.82, 2.24) is 4.98 Å². The van der Waals surface area contributed by atoms with Gasteiger partial charge >= 0.3 is 5.82 Å². The molecule has 0 saturated carbocycles. The number of halogens is 3. The fraction of sp³-hybridized carbons (Fsp3) is 0.286. The Labute approximate surface area is 91.0 Å². The maximum atomic E-state index is 12.5. The van der Waals surface area contributed by atoms with E-state index in [0.29, 0.717) is 0 Å². The molecule has 0 bridgehead atoms. The van der Waals surface area contributed by atoms with Gasteiger partial charge in [-0.2, -0.15) is 0 Å². The average molecular weight is 283 g/mol. The molecule has 0 amide bonds. The van der Waals surface area contributed by atoms with Crippen LogP contribution in [0, 0.1) is 10.1 Å². The molecular weight excluding hydrogens is 278 g/mol. The van der Waals surface area contributed by atoms with Crippen LogP contribution in [-0.4, -0.2) is 15.0 Å². The molecule has 0 radical (unpaired) electrons. The standard InChI is InChI=1S/C7H5BrF2N2O3/c8-4-1-3(2-13)5(6(9)10)7(11-4)12(14)15/h1,6,13H,2H2. The normalized spacial score (nSPS) is 10.7. The number of nitro groups is 1. The van der Waals surface area contributed by atoms with E-state index in [0.717, 1.165) is 6.07 Å². The van der Waals surface area contributed by atoms with E-state index in [2.05, 4.69) is 20.9 Å². The average Bonchev–Trinajstić information content (AvgIpc) is 2.15. The Morgan fingerprint density at radius 1 is 1.67 bits per heavy atom. The monoisotopic (exact) mass is 282 g/mol. The molecule has 15 heavy (non-hydrogen) atoms. The Hall–Kier alpha value is -1.15. The quantitative estimate of drug-likeness (QED) is 0.524. The van der Waals surface area contributed by atoms with Crippen LogP contribution in [-0.2, 0) is 6.61 Å². The van der Waals surface area contributed by atoms with Gasteiger partial charge in [-0.1, -0.05) is 0 Å². The topological polar surface area (TPSA) is 76.3 Å². The smallest absolute Gasteiger partial charge is 0.373 e. The molecule has 1 N–H and O–H groups in total. The summed E-state index contributed by atoms with van der Waals surface area (Å²) in [5, 5.41) is 19.2. The highest BCUT2D eigenvalue weighted by molar-refractivity contribution is 9.10. The number of hydrogen-bond donors (Lipinski definition) is 1. The Morgan fingerprint density at radius 3 is 2.67 bits per heavy atom. The number of aliphatic hydroxyl groups is 1. The largest absolute Gasteiger partial charge is 0.392 e. The lowest BCUT2D eigenvalue weighted by molar-refractivity contribution is -0.391. The molecule has 0 atom stereocenters. The molecule has 0 aliphatic heterocycles. The van der Waals surface area contributed by atoms with Crippen LogP contribution in [0.3, 0.4) is 0 Å². The summed E-state index contributed by atoms with van der Waals surface area (Å²) in [6.45, 7) is -0.707. The molecule has 0 aliphatic carbocycles. The van der Waals surface area contributed by atoms with Crippen LogP contribution in [0.2, 0.25) is 0 Å². The van der Waals surface area contributed by atoms with Gasteiger partial charge in [-0.25, -0.2) is 8.78 Å². The predicted octanol–water partition coefficient (Wildman–Crippen LogP) is 2.18. The van der Waals surface area contributed by atoms with E-state index >= 15 is 0 Å². The zero-order valence-corrected chi connectivity index (χ0v) is 8.74. The Bertz CT molecular complexity index is 400. The second kappa shape index (κ2) is 4.58. The predicted molar refractivity (Wildman–Crippen MR) is 49.5 cm³/mol. The van der Waals surface area contributed by atoms with Gasteiger partial charge in [0.1, 0.15) is 5.56 Å². The number of nitrogens with zero attached hydrogens (tertiary/aromatic N) is 2. The van der Waals surface area contributed by atoms with Crippen molar-refractivity contribution >= 4 is 21.7 Å². The first-order chi connectivity index (χ1) is 6.97. The van der Waals surface area contributed by atoms with Crippen LogP contribution in [0.25, 0.3) is 0 Å². The third-order valence-corrected chi connectivity index (χ3v) is 2.06. The number of aromatic nitrogens is 1. The van der Waals surface area contributed by atoms with Crippen molar-refractivity contribution in [3.05, 3.63) is 31.9 Å². The van der Waals surface area contributed by atoms with Crippen LogP contribution >= 0.6 is 15.9 Å². The van der Waals surface area contributed by atoms with E-state index in [-0.39, 0.29) is 10.2 Å². The second-order valence-corrected chi connectivity index (χ2v) is 3.37. The van der Waals surface area contributed by atoms with E-state index in [9.17, 15) is 18.9 Å². The van der Waals surface area contributed by atoms with E-state index in [1.54, 1.807) is 0 Å². The molecule has 5 nitrogen and oxygen atoms in total. The van der Waals surface area contributed by atoms with Gasteiger partial charge in [0.05, 0.1) is 6.61 Å². The fourth-order valence-electron chi connectivity index (χ4n) is 1.07. The minimum absolute atomic E-state index is 0.0302. The van der Waals surface area contributed by atoms with Crippen molar-refractivity contribution in [2.45, 2.75) is 13.0 Å².